The monoisotopic (exact) mass is 1110 g/mol. The van der Waals surface area contributed by atoms with Crippen molar-refractivity contribution in [2.45, 2.75) is 83.2 Å². The maximum absolute atomic E-state index is 15.7. The summed E-state index contributed by atoms with van der Waals surface area (Å²) < 4.78 is 59.9. The first-order valence-electron chi connectivity index (χ1n) is 25.9. The summed E-state index contributed by atoms with van der Waals surface area (Å²) in [6.07, 6.45) is 4.80. The Kier molecular flexibility index (Phi) is 18.3. The Bertz CT molecular complexity index is 3230. The molecule has 3 aromatic heterocycles. The Morgan fingerprint density at radius 3 is 2.27 bits per heavy atom. The van der Waals surface area contributed by atoms with Crippen LogP contribution in [0, 0.1) is 17.6 Å². The third-order valence-corrected chi connectivity index (χ3v) is 14.3. The molecule has 0 spiro atoms. The summed E-state index contributed by atoms with van der Waals surface area (Å²) >= 11 is 0. The molecular formula is C56H64ClF2N11O9. The van der Waals surface area contributed by atoms with E-state index < -0.39 is 53.7 Å². The topological polar surface area (TPSA) is 222 Å². The molecule has 0 radical (unpaired) electrons. The molecule has 4 aromatic carbocycles. The smallest absolute Gasteiger partial charge is 0.418 e. The van der Waals surface area contributed by atoms with Gasteiger partial charge in [0.05, 0.1) is 31.0 Å². The van der Waals surface area contributed by atoms with Crippen molar-refractivity contribution in [3.63, 3.8) is 0 Å². The number of phenolic OH excluding ortho intramolecular Hbond substituents is 1. The van der Waals surface area contributed by atoms with Crippen molar-refractivity contribution in [1.29, 1.82) is 0 Å². The van der Waals surface area contributed by atoms with Gasteiger partial charge in [-0.2, -0.15) is 9.67 Å². The van der Waals surface area contributed by atoms with E-state index in [1.807, 2.05) is 55.5 Å². The Morgan fingerprint density at radius 1 is 0.937 bits per heavy atom. The van der Waals surface area contributed by atoms with E-state index in [0.717, 1.165) is 49.2 Å². The standard InChI is InChI=1S/C56H63F2N11O9.ClH/c1-5-51(37(2)70)69-54(73)68(35-62-69)45-13-11-43(12-14-45)64-23-25-65(26-24-64)44-15-19-47(20-16-44)75-30-40-29-56(77-31-40,48-21-10-42(57)28-49(48)58)33-67-36-66(34-61-67)38(3)78-55(74)63(4)52-41(7-6-22-60-52)32-76-53(72)50(59)27-39-8-17-46(71)18-9-39;/h6-22,28,34-38,40,50-51,70H,5,23-27,29-33,59H2,1-4H3;1H/t37-,38?,40+,50-,51-,56-;/m0./s1. The first kappa shape index (κ1) is 57.3. The number of aliphatic hydroxyl groups is 1. The van der Waals surface area contributed by atoms with Gasteiger partial charge in [-0.3, -0.25) is 9.69 Å². The molecule has 79 heavy (non-hydrogen) atoms. The van der Waals surface area contributed by atoms with Gasteiger partial charge in [-0.15, -0.1) is 4.68 Å². The summed E-state index contributed by atoms with van der Waals surface area (Å²) in [5.41, 5.74) is 8.71. The fourth-order valence-electron chi connectivity index (χ4n) is 9.98. The van der Waals surface area contributed by atoms with Gasteiger partial charge in [-0.1, -0.05) is 31.2 Å². The van der Waals surface area contributed by atoms with Crippen LogP contribution in [0.3, 0.4) is 0 Å². The number of ether oxygens (including phenoxy) is 4. The molecule has 7 aromatic rings. The Hall–Kier alpha value is -7.92. The highest BCUT2D eigenvalue weighted by molar-refractivity contribution is 5.86. The number of amides is 1. The number of nitrogens with zero attached hydrogens (tertiary/aromatic N) is 10. The van der Waals surface area contributed by atoms with Crippen LogP contribution in [-0.4, -0.2) is 110 Å². The van der Waals surface area contributed by atoms with E-state index in [0.29, 0.717) is 29.8 Å². The van der Waals surface area contributed by atoms with Gasteiger partial charge in [0.1, 0.15) is 60.1 Å². The van der Waals surface area contributed by atoms with E-state index in [4.69, 9.17) is 24.7 Å². The van der Waals surface area contributed by atoms with E-state index in [9.17, 15) is 29.0 Å². The molecule has 418 valence electrons. The van der Waals surface area contributed by atoms with Gasteiger partial charge < -0.3 is 57.1 Å². The molecule has 0 aliphatic carbocycles. The fraction of sp³-hybridized carbons (Fsp3) is 0.375. The second-order valence-corrected chi connectivity index (χ2v) is 19.7. The summed E-state index contributed by atoms with van der Waals surface area (Å²) in [4.78, 5) is 49.6. The second-order valence-electron chi connectivity index (χ2n) is 19.7. The van der Waals surface area contributed by atoms with Crippen molar-refractivity contribution in [2.24, 2.45) is 11.7 Å². The van der Waals surface area contributed by atoms with E-state index >= 15 is 4.39 Å². The number of rotatable bonds is 20. The number of hydrogen-bond donors (Lipinski definition) is 3. The van der Waals surface area contributed by atoms with Crippen LogP contribution in [0.2, 0.25) is 0 Å². The first-order chi connectivity index (χ1) is 37.6. The van der Waals surface area contributed by atoms with Crippen LogP contribution in [0.25, 0.3) is 5.69 Å². The van der Waals surface area contributed by atoms with Gasteiger partial charge in [0.25, 0.3) is 6.33 Å². The molecule has 1 unspecified atom stereocenters. The number of pyridine rings is 1. The van der Waals surface area contributed by atoms with Gasteiger partial charge >= 0.3 is 17.8 Å². The highest BCUT2D eigenvalue weighted by Gasteiger charge is 2.46. The summed E-state index contributed by atoms with van der Waals surface area (Å²) in [6.45, 7) is 8.72. The van der Waals surface area contributed by atoms with Crippen molar-refractivity contribution >= 4 is 29.3 Å². The number of esters is 1. The molecule has 0 saturated carbocycles. The molecule has 9 rings (SSSR count). The quantitative estimate of drug-likeness (QED) is 0.0738. The lowest BCUT2D eigenvalue weighted by atomic mass is 9.87. The molecule has 5 heterocycles. The van der Waals surface area contributed by atoms with Gasteiger partial charge in [0, 0.05) is 85.9 Å². The predicted molar refractivity (Wildman–Crippen MR) is 283 cm³/mol. The lowest BCUT2D eigenvalue weighted by Gasteiger charge is -2.37. The molecule has 2 saturated heterocycles. The minimum Gasteiger partial charge on any atom is -1.00 e. The van der Waals surface area contributed by atoms with Crippen molar-refractivity contribution in [1.82, 2.24) is 29.1 Å². The summed E-state index contributed by atoms with van der Waals surface area (Å²) in [5, 5.41) is 28.5. The fourth-order valence-corrected chi connectivity index (χ4v) is 9.98. The average molecular weight is 1110 g/mol. The zero-order valence-corrected chi connectivity index (χ0v) is 45.0. The number of aromatic hydroxyl groups is 1. The van der Waals surface area contributed by atoms with Gasteiger partial charge in [0.15, 0.2) is 0 Å². The number of carbonyl (C=O) groups excluding carboxylic acids is 2. The predicted octanol–water partition coefficient (Wildman–Crippen LogP) is 2.98. The van der Waals surface area contributed by atoms with Crippen LogP contribution in [0.5, 0.6) is 11.5 Å². The van der Waals surface area contributed by atoms with E-state index in [1.54, 1.807) is 53.7 Å². The maximum atomic E-state index is 15.7. The highest BCUT2D eigenvalue weighted by Crippen LogP contribution is 2.42. The van der Waals surface area contributed by atoms with Gasteiger partial charge in [-0.05, 0) is 105 Å². The van der Waals surface area contributed by atoms with Crippen molar-refractivity contribution in [2.75, 3.05) is 61.1 Å². The molecule has 2 aliphatic rings. The molecule has 23 heteroatoms. The third kappa shape index (κ3) is 13.3. The number of aliphatic hydroxyl groups excluding tert-OH is 1. The van der Waals surface area contributed by atoms with Crippen LogP contribution in [0.15, 0.2) is 133 Å². The Morgan fingerprint density at radius 2 is 1.61 bits per heavy atom. The van der Waals surface area contributed by atoms with Crippen LogP contribution in [0.4, 0.5) is 30.8 Å². The number of nitrogens with two attached hydrogens (primary N) is 1. The van der Waals surface area contributed by atoms with Gasteiger partial charge in [0.2, 0.25) is 12.6 Å². The Labute approximate surface area is 461 Å². The number of benzene rings is 4. The molecule has 0 bridgehead atoms. The van der Waals surface area contributed by atoms with Crippen LogP contribution in [0.1, 0.15) is 62.6 Å². The molecule has 1 amide bonds. The first-order valence-corrected chi connectivity index (χ1v) is 25.9. The lowest BCUT2D eigenvalue weighted by Crippen LogP contribution is -3.00. The van der Waals surface area contributed by atoms with Gasteiger partial charge in [-0.25, -0.2) is 32.6 Å². The number of hydrogen-bond acceptors (Lipinski definition) is 15. The third-order valence-electron chi connectivity index (χ3n) is 14.3. The zero-order chi connectivity index (χ0) is 55.1. The largest absolute Gasteiger partial charge is 1.00 e. The molecule has 2 aliphatic heterocycles. The van der Waals surface area contributed by atoms with Crippen LogP contribution >= 0.6 is 0 Å². The zero-order valence-electron chi connectivity index (χ0n) is 44.2. The van der Waals surface area contributed by atoms with Crippen molar-refractivity contribution in [3.8, 4) is 17.2 Å². The lowest BCUT2D eigenvalue weighted by molar-refractivity contribution is -0.753. The molecule has 6 atom stereocenters. The second kappa shape index (κ2) is 25.3. The number of anilines is 3. The average Bonchev–Trinajstić information content (AvgIpc) is 4.40. The molecule has 2 fully saturated rings. The highest BCUT2D eigenvalue weighted by atomic mass is 35.5. The summed E-state index contributed by atoms with van der Waals surface area (Å²) in [7, 11) is 1.47. The molecular weight excluding hydrogens is 1040 g/mol. The minimum absolute atomic E-state index is 0. The maximum Gasteiger partial charge on any atom is 0.418 e. The molecule has 4 N–H and O–H groups in total. The SMILES string of the molecule is CC[C@@H]([C@H](C)O)n1ncn(-c2ccc(N3CCN(c4ccc(OC[C@@H]5CO[C@@](Cn6c[n+](C(C)OC(=O)N(C)c7ncccc7COC(=O)[C@@H](N)Cc7ccc(O)cc7)cn6)(c6ccc(F)cc6F)C5)cc4)CC3)cc2)c1=O.[Cl-]. The van der Waals surface area contributed by atoms with Crippen molar-refractivity contribution in [3.05, 3.63) is 167 Å². The summed E-state index contributed by atoms with van der Waals surface area (Å²) in [6, 6.07) is 27.4. The summed E-state index contributed by atoms with van der Waals surface area (Å²) in [5.74, 6) is -1.34. The number of halogens is 3. The molecule has 20 nitrogen and oxygen atoms in total. The van der Waals surface area contributed by atoms with Crippen LogP contribution < -0.4 is 47.8 Å². The number of piperazine rings is 1. The van der Waals surface area contributed by atoms with E-state index in [2.05, 4.69) is 25.0 Å². The van der Waals surface area contributed by atoms with Crippen LogP contribution in [-0.2, 0) is 44.2 Å². The van der Waals surface area contributed by atoms with Crippen molar-refractivity contribution < 1.29 is 64.5 Å². The minimum atomic E-state index is -1.25. The number of carbonyl (C=O) groups is 2. The number of aromatic nitrogens is 7. The Balaban J connectivity index is 0.00000822. The van der Waals surface area contributed by atoms with E-state index in [1.165, 1.54) is 64.3 Å². The van der Waals surface area contributed by atoms with E-state index in [-0.39, 0.29) is 73.9 Å². The number of phenols is 1. The normalized spacial score (nSPS) is 17.8.